The number of nitrogens with one attached hydrogen (secondary N) is 1. The van der Waals surface area contributed by atoms with Crippen LogP contribution in [0.25, 0.3) is 22.3 Å². The number of nitrogens with zero attached hydrogens (tertiary/aromatic N) is 6. The van der Waals surface area contributed by atoms with Gasteiger partial charge in [-0.2, -0.15) is 0 Å². The second-order valence-electron chi connectivity index (χ2n) is 13.9. The van der Waals surface area contributed by atoms with Crippen LogP contribution >= 0.6 is 0 Å². The van der Waals surface area contributed by atoms with Crippen LogP contribution in [0.2, 0.25) is 0 Å². The Kier molecular flexibility index (Phi) is 9.10. The molecule has 2 N–H and O–H groups in total. The Bertz CT molecular complexity index is 1770. The molecule has 0 spiro atoms. The van der Waals surface area contributed by atoms with Crippen molar-refractivity contribution in [2.45, 2.75) is 63.1 Å². The lowest BCUT2D eigenvalue weighted by molar-refractivity contribution is 0.0106. The van der Waals surface area contributed by atoms with E-state index in [-0.39, 0.29) is 17.3 Å². The molecule has 3 aliphatic rings. The molecular formula is C37H46FN7O3. The summed E-state index contributed by atoms with van der Waals surface area (Å²) >= 11 is 0. The summed E-state index contributed by atoms with van der Waals surface area (Å²) in [6.07, 6.45) is 6.47. The number of piperazine rings is 1. The molecule has 2 saturated heterocycles. The van der Waals surface area contributed by atoms with Gasteiger partial charge >= 0.3 is 0 Å². The molecule has 48 heavy (non-hydrogen) atoms. The number of pyridine rings is 1. The van der Waals surface area contributed by atoms with Crippen LogP contribution in [0.1, 0.15) is 61.8 Å². The molecule has 0 unspecified atom stereocenters. The zero-order valence-corrected chi connectivity index (χ0v) is 28.2. The van der Waals surface area contributed by atoms with Crippen molar-refractivity contribution in [2.75, 3.05) is 63.6 Å². The lowest BCUT2D eigenvalue weighted by Crippen LogP contribution is -2.52. The van der Waals surface area contributed by atoms with E-state index in [4.69, 9.17) is 9.72 Å². The zero-order valence-electron chi connectivity index (χ0n) is 28.2. The zero-order chi connectivity index (χ0) is 33.4. The molecule has 11 heteroatoms. The highest BCUT2D eigenvalue weighted by atomic mass is 19.1. The molecule has 0 atom stereocenters. The minimum Gasteiger partial charge on any atom is -0.496 e. The Morgan fingerprint density at radius 1 is 0.979 bits per heavy atom. The lowest BCUT2D eigenvalue weighted by atomic mass is 9.83. The number of imidazole rings is 1. The monoisotopic (exact) mass is 655 g/mol. The first-order valence-electron chi connectivity index (χ1n) is 17.2. The van der Waals surface area contributed by atoms with Gasteiger partial charge in [-0.1, -0.05) is 12.1 Å². The number of para-hydroxylation sites is 1. The third kappa shape index (κ3) is 6.51. The van der Waals surface area contributed by atoms with Crippen molar-refractivity contribution in [1.29, 1.82) is 0 Å². The Balaban J connectivity index is 1.16. The summed E-state index contributed by atoms with van der Waals surface area (Å²) in [6.45, 7) is 8.40. The predicted octanol–water partition coefficient (Wildman–Crippen LogP) is 5.58. The average Bonchev–Trinajstić information content (AvgIpc) is 3.45. The van der Waals surface area contributed by atoms with Crippen LogP contribution in [0.3, 0.4) is 0 Å². The number of likely N-dealkylation sites (N-methyl/N-ethyl adjacent to an activating group) is 1. The minimum absolute atomic E-state index is 0.0298. The van der Waals surface area contributed by atoms with Crippen molar-refractivity contribution < 1.29 is 19.0 Å². The van der Waals surface area contributed by atoms with Gasteiger partial charge in [0.25, 0.3) is 5.91 Å². The van der Waals surface area contributed by atoms with Gasteiger partial charge in [0.2, 0.25) is 5.95 Å². The number of amides is 1. The smallest absolute Gasteiger partial charge is 0.261 e. The molecule has 2 aliphatic heterocycles. The number of ether oxygens (including phenoxy) is 1. The molecule has 10 nitrogen and oxygen atoms in total. The maximum absolute atomic E-state index is 16.0. The van der Waals surface area contributed by atoms with Gasteiger partial charge in [0.1, 0.15) is 11.4 Å². The molecule has 0 bridgehead atoms. The summed E-state index contributed by atoms with van der Waals surface area (Å²) in [4.78, 5) is 30.5. The largest absolute Gasteiger partial charge is 0.496 e. The van der Waals surface area contributed by atoms with E-state index in [9.17, 15) is 9.90 Å². The van der Waals surface area contributed by atoms with E-state index in [0.717, 1.165) is 81.7 Å². The molecule has 7 rings (SSSR count). The van der Waals surface area contributed by atoms with E-state index in [1.54, 1.807) is 24.3 Å². The van der Waals surface area contributed by atoms with E-state index in [1.807, 2.05) is 6.92 Å². The Labute approximate surface area is 281 Å². The molecule has 2 aromatic carbocycles. The first-order chi connectivity index (χ1) is 23.2. The maximum Gasteiger partial charge on any atom is 0.261 e. The van der Waals surface area contributed by atoms with Crippen LogP contribution in [0.5, 0.6) is 5.75 Å². The number of benzene rings is 2. The number of anilines is 2. The molecule has 2 aromatic heterocycles. The van der Waals surface area contributed by atoms with Gasteiger partial charge in [-0.05, 0) is 88.9 Å². The number of hydrogen-bond acceptors (Lipinski definition) is 8. The summed E-state index contributed by atoms with van der Waals surface area (Å²) in [6, 6.07) is 15.4. The fraction of sp³-hybridized carbons (Fsp3) is 0.486. The van der Waals surface area contributed by atoms with Crippen molar-refractivity contribution in [2.24, 2.45) is 0 Å². The van der Waals surface area contributed by atoms with Gasteiger partial charge in [0.15, 0.2) is 5.82 Å². The quantitative estimate of drug-likeness (QED) is 0.266. The average molecular weight is 656 g/mol. The molecule has 1 aliphatic carbocycles. The molecule has 0 radical (unpaired) electrons. The van der Waals surface area contributed by atoms with Crippen molar-refractivity contribution >= 4 is 28.6 Å². The van der Waals surface area contributed by atoms with E-state index < -0.39 is 17.3 Å². The van der Waals surface area contributed by atoms with Crippen molar-refractivity contribution in [3.8, 4) is 17.0 Å². The van der Waals surface area contributed by atoms with Crippen LogP contribution in [0.15, 0.2) is 54.7 Å². The molecule has 254 valence electrons. The fourth-order valence-electron chi connectivity index (χ4n) is 7.72. The highest BCUT2D eigenvalue weighted by molar-refractivity contribution is 6.05. The van der Waals surface area contributed by atoms with E-state index >= 15 is 4.39 Å². The number of aliphatic hydroxyl groups is 1. The standard InChI is InChI=1S/C37H46FN7O3/c1-37(47)15-10-26(11-16-37)45-31-9-8-27(43-18-13-25(14-19-43)44-22-20-42(2)21-23-44)24-30(31)40-36(45)41-35(46)29-12-17-39-34(33(29)38)28-6-4-5-7-32(28)48-3/h4-9,12,17,24-26,47H,10-11,13-16,18-23H2,1-3H3,(H,40,41,46)/t26-,37+. The highest BCUT2D eigenvalue weighted by Crippen LogP contribution is 2.39. The number of carbonyl (C=O) groups excluding carboxylic acids is 1. The van der Waals surface area contributed by atoms with Crippen LogP contribution < -0.4 is 15.0 Å². The maximum atomic E-state index is 16.0. The molecule has 1 saturated carbocycles. The van der Waals surface area contributed by atoms with Crippen LogP contribution in [0.4, 0.5) is 16.0 Å². The lowest BCUT2D eigenvalue weighted by Gasteiger charge is -2.42. The number of methoxy groups -OCH3 is 1. The second kappa shape index (κ2) is 13.4. The van der Waals surface area contributed by atoms with Crippen molar-refractivity contribution in [3.63, 3.8) is 0 Å². The van der Waals surface area contributed by atoms with Crippen LogP contribution in [0, 0.1) is 5.82 Å². The van der Waals surface area contributed by atoms with Gasteiger partial charge < -0.3 is 24.2 Å². The highest BCUT2D eigenvalue weighted by Gasteiger charge is 2.33. The minimum atomic E-state index is -0.724. The second-order valence-corrected chi connectivity index (χ2v) is 13.9. The Morgan fingerprint density at radius 2 is 1.71 bits per heavy atom. The Hall–Kier alpha value is -4.06. The number of fused-ring (bicyclic) bond motifs is 1. The van der Waals surface area contributed by atoms with Gasteiger partial charge in [0.05, 0.1) is 29.3 Å². The number of piperidine rings is 1. The number of hydrogen-bond donors (Lipinski definition) is 2. The first kappa shape index (κ1) is 32.5. The van der Waals surface area contributed by atoms with Crippen LogP contribution in [-0.2, 0) is 0 Å². The molecular weight excluding hydrogens is 609 g/mol. The molecule has 3 fully saturated rings. The molecule has 4 heterocycles. The number of halogens is 1. The number of carbonyl (C=O) groups is 1. The first-order valence-corrected chi connectivity index (χ1v) is 17.2. The fourth-order valence-corrected chi connectivity index (χ4v) is 7.72. The molecule has 1 amide bonds. The van der Waals surface area contributed by atoms with Crippen LogP contribution in [-0.4, -0.2) is 100 Å². The predicted molar refractivity (Wildman–Crippen MR) is 186 cm³/mol. The third-order valence-electron chi connectivity index (χ3n) is 10.7. The number of aromatic nitrogens is 3. The van der Waals surface area contributed by atoms with E-state index in [0.29, 0.717) is 36.1 Å². The summed E-state index contributed by atoms with van der Waals surface area (Å²) in [5, 5.41) is 13.6. The Morgan fingerprint density at radius 3 is 2.44 bits per heavy atom. The summed E-state index contributed by atoms with van der Waals surface area (Å²) in [7, 11) is 3.72. The topological polar surface area (TPSA) is 99.0 Å². The van der Waals surface area contributed by atoms with Gasteiger partial charge in [-0.15, -0.1) is 0 Å². The van der Waals surface area contributed by atoms with Crippen molar-refractivity contribution in [3.05, 3.63) is 66.1 Å². The van der Waals surface area contributed by atoms with Crippen molar-refractivity contribution in [1.82, 2.24) is 24.3 Å². The third-order valence-corrected chi connectivity index (χ3v) is 10.7. The summed E-state index contributed by atoms with van der Waals surface area (Å²) in [5.41, 5.74) is 2.49. The van der Waals surface area contributed by atoms with Gasteiger partial charge in [-0.3, -0.25) is 20.0 Å². The SMILES string of the molecule is COc1ccccc1-c1nccc(C(=O)Nc2nc3cc(N4CCC(N5CCN(C)CC5)CC4)ccc3n2[C@H]2CC[C@@](C)(O)CC2)c1F. The van der Waals surface area contributed by atoms with Gasteiger partial charge in [0, 0.05) is 68.8 Å². The van der Waals surface area contributed by atoms with Gasteiger partial charge in [-0.25, -0.2) is 9.37 Å². The van der Waals surface area contributed by atoms with E-state index in [1.165, 1.54) is 19.4 Å². The van der Waals surface area contributed by atoms with E-state index in [2.05, 4.69) is 54.8 Å². The normalized spacial score (nSPS) is 23.0. The number of rotatable bonds is 7. The summed E-state index contributed by atoms with van der Waals surface area (Å²) in [5.74, 6) is -0.479. The summed E-state index contributed by atoms with van der Waals surface area (Å²) < 4.78 is 23.5. The molecule has 4 aromatic rings.